The summed E-state index contributed by atoms with van der Waals surface area (Å²) in [5, 5.41) is 10.2. The maximum Gasteiger partial charge on any atom is 0.320 e. The van der Waals surface area contributed by atoms with Crippen LogP contribution in [-0.4, -0.2) is 24.7 Å². The molecule has 0 aromatic rings. The van der Waals surface area contributed by atoms with Crippen LogP contribution >= 0.6 is 0 Å². The molecule has 0 saturated heterocycles. The Morgan fingerprint density at radius 2 is 2.09 bits per heavy atom. The van der Waals surface area contributed by atoms with E-state index in [4.69, 9.17) is 10.5 Å². The van der Waals surface area contributed by atoms with Gasteiger partial charge in [0.05, 0.1) is 13.2 Å². The van der Waals surface area contributed by atoms with Crippen LogP contribution in [0.1, 0.15) is 20.3 Å². The molecule has 4 heteroatoms. The Hall–Kier alpha value is -0.610. The molecule has 0 bridgehead atoms. The number of hydrogen-bond acceptors (Lipinski definition) is 3. The van der Waals surface area contributed by atoms with Crippen LogP contribution in [0.5, 0.6) is 0 Å². The molecule has 0 aromatic heterocycles. The number of rotatable bonds is 4. The minimum atomic E-state index is -0.668. The molecule has 0 fully saturated rings. The SMILES string of the molecule is CC(C)(CC[O])OC(=O)CN. The van der Waals surface area contributed by atoms with E-state index in [0.29, 0.717) is 6.42 Å². The maximum atomic E-state index is 10.7. The summed E-state index contributed by atoms with van der Waals surface area (Å²) in [5.74, 6) is -0.469. The molecule has 0 heterocycles. The summed E-state index contributed by atoms with van der Waals surface area (Å²) >= 11 is 0. The van der Waals surface area contributed by atoms with Gasteiger partial charge < -0.3 is 10.5 Å². The normalized spacial score (nSPS) is 11.3. The molecule has 0 rings (SSSR count). The summed E-state index contributed by atoms with van der Waals surface area (Å²) in [7, 11) is 0. The molecule has 2 N–H and O–H groups in total. The average Bonchev–Trinajstić information content (AvgIpc) is 1.86. The third-order valence-corrected chi connectivity index (χ3v) is 1.26. The van der Waals surface area contributed by atoms with Crippen LogP contribution in [0, 0.1) is 0 Å². The van der Waals surface area contributed by atoms with Gasteiger partial charge in [0, 0.05) is 6.42 Å². The van der Waals surface area contributed by atoms with Crippen molar-refractivity contribution in [1.29, 1.82) is 0 Å². The van der Waals surface area contributed by atoms with E-state index in [2.05, 4.69) is 0 Å². The largest absolute Gasteiger partial charge is 0.459 e. The van der Waals surface area contributed by atoms with E-state index >= 15 is 0 Å². The quantitative estimate of drug-likeness (QED) is 0.592. The van der Waals surface area contributed by atoms with E-state index in [1.165, 1.54) is 0 Å². The minimum absolute atomic E-state index is 0.137. The molecule has 0 aromatic carbocycles. The van der Waals surface area contributed by atoms with Gasteiger partial charge in [0.25, 0.3) is 0 Å². The lowest BCUT2D eigenvalue weighted by Crippen LogP contribution is -2.32. The first-order valence-corrected chi connectivity index (χ1v) is 3.52. The molecule has 0 amide bonds. The summed E-state index contributed by atoms with van der Waals surface area (Å²) in [6.07, 6.45) is 0.318. The van der Waals surface area contributed by atoms with Crippen molar-refractivity contribution in [3.8, 4) is 0 Å². The number of esters is 1. The number of carbonyl (C=O) groups is 1. The van der Waals surface area contributed by atoms with Gasteiger partial charge in [0.1, 0.15) is 5.60 Å². The second kappa shape index (κ2) is 4.31. The standard InChI is InChI=1S/C7H14NO3/c1-7(2,3-4-9)11-6(10)5-8/h3-5,8H2,1-2H3. The lowest BCUT2D eigenvalue weighted by Gasteiger charge is -2.23. The van der Waals surface area contributed by atoms with Gasteiger partial charge >= 0.3 is 5.97 Å². The smallest absolute Gasteiger partial charge is 0.320 e. The zero-order valence-corrected chi connectivity index (χ0v) is 6.92. The first kappa shape index (κ1) is 10.4. The molecule has 0 unspecified atom stereocenters. The zero-order chi connectivity index (χ0) is 8.91. The highest BCUT2D eigenvalue weighted by atomic mass is 16.6. The van der Waals surface area contributed by atoms with Crippen molar-refractivity contribution in [2.75, 3.05) is 13.2 Å². The summed E-state index contributed by atoms with van der Waals surface area (Å²) in [5.41, 5.74) is 4.35. The summed E-state index contributed by atoms with van der Waals surface area (Å²) in [4.78, 5) is 10.7. The zero-order valence-electron chi connectivity index (χ0n) is 6.92. The highest BCUT2D eigenvalue weighted by Crippen LogP contribution is 2.13. The molecule has 4 nitrogen and oxygen atoms in total. The van der Waals surface area contributed by atoms with Gasteiger partial charge in [-0.25, -0.2) is 5.11 Å². The fraction of sp³-hybridized carbons (Fsp3) is 0.857. The molecule has 0 atom stereocenters. The number of carbonyl (C=O) groups excluding carboxylic acids is 1. The molecule has 0 aliphatic carbocycles. The Balaban J connectivity index is 3.80. The van der Waals surface area contributed by atoms with E-state index in [0.717, 1.165) is 0 Å². The minimum Gasteiger partial charge on any atom is -0.459 e. The van der Waals surface area contributed by atoms with Crippen molar-refractivity contribution in [2.24, 2.45) is 5.73 Å². The van der Waals surface area contributed by atoms with Crippen molar-refractivity contribution >= 4 is 5.97 Å². The van der Waals surface area contributed by atoms with E-state index in [-0.39, 0.29) is 13.2 Å². The van der Waals surface area contributed by atoms with E-state index in [1.807, 2.05) is 0 Å². The molecule has 1 radical (unpaired) electrons. The van der Waals surface area contributed by atoms with Crippen molar-refractivity contribution in [3.05, 3.63) is 0 Å². The molecular formula is C7H14NO3. The second-order valence-corrected chi connectivity index (χ2v) is 2.89. The maximum absolute atomic E-state index is 10.7. The molecule has 0 spiro atoms. The van der Waals surface area contributed by atoms with Gasteiger partial charge in [-0.2, -0.15) is 0 Å². The molecule has 0 saturated carbocycles. The lowest BCUT2D eigenvalue weighted by molar-refractivity contribution is -0.156. The molecular weight excluding hydrogens is 146 g/mol. The third-order valence-electron chi connectivity index (χ3n) is 1.26. The highest BCUT2D eigenvalue weighted by Gasteiger charge is 2.21. The average molecular weight is 160 g/mol. The number of ether oxygens (including phenoxy) is 1. The first-order chi connectivity index (χ1) is 5.02. The van der Waals surface area contributed by atoms with Gasteiger partial charge in [-0.05, 0) is 13.8 Å². The van der Waals surface area contributed by atoms with Crippen molar-refractivity contribution in [1.82, 2.24) is 0 Å². The van der Waals surface area contributed by atoms with Crippen LogP contribution in [0.15, 0.2) is 0 Å². The molecule has 11 heavy (non-hydrogen) atoms. The predicted molar refractivity (Wildman–Crippen MR) is 39.4 cm³/mol. The summed E-state index contributed by atoms with van der Waals surface area (Å²) in [6.45, 7) is 3.00. The van der Waals surface area contributed by atoms with Gasteiger partial charge in [-0.1, -0.05) is 0 Å². The highest BCUT2D eigenvalue weighted by molar-refractivity contribution is 5.71. The third kappa shape index (κ3) is 4.75. The molecule has 65 valence electrons. The molecule has 0 aliphatic heterocycles. The van der Waals surface area contributed by atoms with E-state index in [9.17, 15) is 9.90 Å². The Labute approximate surface area is 66.3 Å². The van der Waals surface area contributed by atoms with E-state index in [1.54, 1.807) is 13.8 Å². The van der Waals surface area contributed by atoms with E-state index < -0.39 is 11.6 Å². The van der Waals surface area contributed by atoms with Crippen LogP contribution in [-0.2, 0) is 14.6 Å². The summed E-state index contributed by atoms with van der Waals surface area (Å²) in [6, 6.07) is 0. The number of hydrogen-bond donors (Lipinski definition) is 1. The van der Waals surface area contributed by atoms with Gasteiger partial charge in [0.15, 0.2) is 0 Å². The van der Waals surface area contributed by atoms with Crippen LogP contribution in [0.4, 0.5) is 0 Å². The Morgan fingerprint density at radius 3 is 2.45 bits per heavy atom. The van der Waals surface area contributed by atoms with Crippen LogP contribution in [0.3, 0.4) is 0 Å². The fourth-order valence-corrected chi connectivity index (χ4v) is 0.647. The fourth-order valence-electron chi connectivity index (χ4n) is 0.647. The number of nitrogens with two attached hydrogens (primary N) is 1. The second-order valence-electron chi connectivity index (χ2n) is 2.89. The topological polar surface area (TPSA) is 72.2 Å². The lowest BCUT2D eigenvalue weighted by atomic mass is 10.1. The van der Waals surface area contributed by atoms with Crippen molar-refractivity contribution in [3.63, 3.8) is 0 Å². The van der Waals surface area contributed by atoms with Crippen LogP contribution in [0.25, 0.3) is 0 Å². The van der Waals surface area contributed by atoms with Crippen molar-refractivity contribution < 1.29 is 14.6 Å². The Kier molecular flexibility index (Phi) is 4.07. The first-order valence-electron chi connectivity index (χ1n) is 3.52. The van der Waals surface area contributed by atoms with Crippen molar-refractivity contribution in [2.45, 2.75) is 25.9 Å². The van der Waals surface area contributed by atoms with Gasteiger partial charge in [-0.15, -0.1) is 0 Å². The van der Waals surface area contributed by atoms with Crippen LogP contribution < -0.4 is 5.73 Å². The Bertz CT molecular complexity index is 134. The van der Waals surface area contributed by atoms with Gasteiger partial charge in [-0.3, -0.25) is 4.79 Å². The van der Waals surface area contributed by atoms with Crippen LogP contribution in [0.2, 0.25) is 0 Å². The monoisotopic (exact) mass is 160 g/mol. The Morgan fingerprint density at radius 1 is 1.55 bits per heavy atom. The molecule has 0 aliphatic rings. The summed E-state index contributed by atoms with van der Waals surface area (Å²) < 4.78 is 4.86. The van der Waals surface area contributed by atoms with Gasteiger partial charge in [0.2, 0.25) is 0 Å². The predicted octanol–water partition coefficient (Wildman–Crippen LogP) is 0.0875.